The molecule has 0 spiro atoms. The van der Waals surface area contributed by atoms with Gasteiger partial charge in [0, 0.05) is 12.6 Å². The number of hydrogen-bond acceptors (Lipinski definition) is 3. The Morgan fingerprint density at radius 2 is 2.00 bits per heavy atom. The number of hydrogen-bond donors (Lipinski definition) is 2. The maximum atomic E-state index is 11.3. The second kappa shape index (κ2) is 9.04. The van der Waals surface area contributed by atoms with Gasteiger partial charge >= 0.3 is 0 Å². The van der Waals surface area contributed by atoms with Crippen molar-refractivity contribution in [2.75, 3.05) is 18.1 Å². The van der Waals surface area contributed by atoms with Gasteiger partial charge in [-0.05, 0) is 31.4 Å². The van der Waals surface area contributed by atoms with Crippen molar-refractivity contribution >= 4 is 17.7 Å². The molecule has 0 aromatic heterocycles. The second-order valence-electron chi connectivity index (χ2n) is 4.35. The van der Waals surface area contributed by atoms with Gasteiger partial charge in [0.2, 0.25) is 5.91 Å². The molecular weight excluding hydrogens is 208 g/mol. The van der Waals surface area contributed by atoms with E-state index >= 15 is 0 Å². The van der Waals surface area contributed by atoms with E-state index in [1.807, 2.05) is 6.92 Å². The first-order chi connectivity index (χ1) is 7.02. The van der Waals surface area contributed by atoms with Crippen molar-refractivity contribution in [3.8, 4) is 0 Å². The van der Waals surface area contributed by atoms with E-state index in [4.69, 9.17) is 5.73 Å². The molecule has 0 saturated heterocycles. The molecule has 0 aliphatic rings. The summed E-state index contributed by atoms with van der Waals surface area (Å²) in [5.41, 5.74) is 5.58. The fraction of sp³-hybridized carbons (Fsp3) is 0.909. The number of rotatable bonds is 8. The molecule has 3 N–H and O–H groups in total. The van der Waals surface area contributed by atoms with Crippen LogP contribution >= 0.6 is 11.8 Å². The molecule has 0 aromatic carbocycles. The van der Waals surface area contributed by atoms with Crippen LogP contribution in [0.5, 0.6) is 0 Å². The topological polar surface area (TPSA) is 55.1 Å². The Balaban J connectivity index is 3.26. The van der Waals surface area contributed by atoms with E-state index in [0.29, 0.717) is 12.3 Å². The van der Waals surface area contributed by atoms with Gasteiger partial charge in [-0.1, -0.05) is 13.8 Å². The molecule has 1 atom stereocenters. The predicted octanol–water partition coefficient (Wildman–Crippen LogP) is 1.62. The highest BCUT2D eigenvalue weighted by atomic mass is 32.2. The first-order valence-electron chi connectivity index (χ1n) is 5.62. The fourth-order valence-corrected chi connectivity index (χ4v) is 2.04. The molecule has 0 aliphatic carbocycles. The van der Waals surface area contributed by atoms with Crippen LogP contribution in [0.3, 0.4) is 0 Å². The monoisotopic (exact) mass is 232 g/mol. The molecule has 0 rings (SSSR count). The van der Waals surface area contributed by atoms with Crippen molar-refractivity contribution in [3.05, 3.63) is 0 Å². The minimum Gasteiger partial charge on any atom is -0.355 e. The Morgan fingerprint density at radius 3 is 2.53 bits per heavy atom. The summed E-state index contributed by atoms with van der Waals surface area (Å²) in [6.07, 6.45) is 2.03. The van der Waals surface area contributed by atoms with Crippen molar-refractivity contribution in [2.24, 2.45) is 11.7 Å². The van der Waals surface area contributed by atoms with E-state index in [1.54, 1.807) is 11.8 Å². The first kappa shape index (κ1) is 14.8. The zero-order valence-electron chi connectivity index (χ0n) is 10.1. The number of amides is 1. The lowest BCUT2D eigenvalue weighted by molar-refractivity contribution is -0.118. The molecular formula is C11H24N2OS. The summed E-state index contributed by atoms with van der Waals surface area (Å²) in [4.78, 5) is 11.3. The van der Waals surface area contributed by atoms with Crippen LogP contribution in [0.4, 0.5) is 0 Å². The molecule has 0 aromatic rings. The van der Waals surface area contributed by atoms with Crippen molar-refractivity contribution in [2.45, 2.75) is 39.7 Å². The van der Waals surface area contributed by atoms with E-state index in [9.17, 15) is 4.79 Å². The SMILES string of the molecule is CC(C)CCSCC(=O)NCCC(C)N. The molecule has 0 fully saturated rings. The average molecular weight is 232 g/mol. The maximum Gasteiger partial charge on any atom is 0.229 e. The summed E-state index contributed by atoms with van der Waals surface area (Å²) in [5, 5.41) is 2.86. The van der Waals surface area contributed by atoms with Gasteiger partial charge < -0.3 is 11.1 Å². The van der Waals surface area contributed by atoms with Crippen LogP contribution in [0.2, 0.25) is 0 Å². The summed E-state index contributed by atoms with van der Waals surface area (Å²) in [5.74, 6) is 2.49. The Hall–Kier alpha value is -0.220. The number of thioether (sulfide) groups is 1. The molecule has 4 heteroatoms. The molecule has 90 valence electrons. The van der Waals surface area contributed by atoms with Gasteiger partial charge in [0.1, 0.15) is 0 Å². The molecule has 0 saturated carbocycles. The minimum absolute atomic E-state index is 0.129. The summed E-state index contributed by atoms with van der Waals surface area (Å²) < 4.78 is 0. The number of nitrogens with two attached hydrogens (primary N) is 1. The number of nitrogens with one attached hydrogen (secondary N) is 1. The molecule has 1 unspecified atom stereocenters. The van der Waals surface area contributed by atoms with Crippen LogP contribution in [0.15, 0.2) is 0 Å². The Bertz CT molecular complexity index is 172. The maximum absolute atomic E-state index is 11.3. The summed E-state index contributed by atoms with van der Waals surface area (Å²) >= 11 is 1.71. The molecule has 0 radical (unpaired) electrons. The smallest absolute Gasteiger partial charge is 0.229 e. The zero-order chi connectivity index (χ0) is 11.7. The summed E-state index contributed by atoms with van der Waals surface area (Å²) in [6, 6.07) is 0.166. The van der Waals surface area contributed by atoms with E-state index in [0.717, 1.165) is 18.1 Å². The molecule has 0 aliphatic heterocycles. The largest absolute Gasteiger partial charge is 0.355 e. The molecule has 0 bridgehead atoms. The van der Waals surface area contributed by atoms with Crippen molar-refractivity contribution in [1.82, 2.24) is 5.32 Å². The lowest BCUT2D eigenvalue weighted by Gasteiger charge is -2.07. The lowest BCUT2D eigenvalue weighted by Crippen LogP contribution is -2.30. The third kappa shape index (κ3) is 11.7. The third-order valence-corrected chi connectivity index (χ3v) is 2.99. The second-order valence-corrected chi connectivity index (χ2v) is 5.46. The van der Waals surface area contributed by atoms with E-state index in [1.165, 1.54) is 6.42 Å². The van der Waals surface area contributed by atoms with Crippen LogP contribution in [-0.4, -0.2) is 30.0 Å². The van der Waals surface area contributed by atoms with Crippen molar-refractivity contribution < 1.29 is 4.79 Å². The quantitative estimate of drug-likeness (QED) is 0.625. The molecule has 1 amide bonds. The number of carbonyl (C=O) groups is 1. The normalized spacial score (nSPS) is 12.9. The van der Waals surface area contributed by atoms with Crippen molar-refractivity contribution in [1.29, 1.82) is 0 Å². The van der Waals surface area contributed by atoms with Crippen LogP contribution in [0, 0.1) is 5.92 Å². The van der Waals surface area contributed by atoms with Gasteiger partial charge in [-0.2, -0.15) is 11.8 Å². The van der Waals surface area contributed by atoms with Crippen molar-refractivity contribution in [3.63, 3.8) is 0 Å². The van der Waals surface area contributed by atoms with Gasteiger partial charge in [-0.3, -0.25) is 4.79 Å². The van der Waals surface area contributed by atoms with Gasteiger partial charge in [-0.15, -0.1) is 0 Å². The first-order valence-corrected chi connectivity index (χ1v) is 6.78. The van der Waals surface area contributed by atoms with Crippen LogP contribution in [0.25, 0.3) is 0 Å². The third-order valence-electron chi connectivity index (χ3n) is 1.99. The lowest BCUT2D eigenvalue weighted by atomic mass is 10.2. The summed E-state index contributed by atoms with van der Waals surface area (Å²) in [6.45, 7) is 7.04. The highest BCUT2D eigenvalue weighted by Gasteiger charge is 2.02. The highest BCUT2D eigenvalue weighted by molar-refractivity contribution is 7.99. The van der Waals surface area contributed by atoms with E-state index < -0.39 is 0 Å². The summed E-state index contributed by atoms with van der Waals surface area (Å²) in [7, 11) is 0. The standard InChI is InChI=1S/C11H24N2OS/c1-9(2)5-7-15-8-11(14)13-6-4-10(3)12/h9-10H,4-8,12H2,1-3H3,(H,13,14). The van der Waals surface area contributed by atoms with E-state index in [-0.39, 0.29) is 11.9 Å². The van der Waals surface area contributed by atoms with Gasteiger partial charge in [-0.25, -0.2) is 0 Å². The Labute approximate surface area is 97.6 Å². The van der Waals surface area contributed by atoms with Gasteiger partial charge in [0.15, 0.2) is 0 Å². The number of carbonyl (C=O) groups excluding carboxylic acids is 1. The van der Waals surface area contributed by atoms with Crippen LogP contribution in [0.1, 0.15) is 33.6 Å². The van der Waals surface area contributed by atoms with Crippen LogP contribution in [-0.2, 0) is 4.79 Å². The Kier molecular flexibility index (Phi) is 8.91. The molecule has 15 heavy (non-hydrogen) atoms. The van der Waals surface area contributed by atoms with Gasteiger partial charge in [0.25, 0.3) is 0 Å². The minimum atomic E-state index is 0.129. The van der Waals surface area contributed by atoms with Crippen LogP contribution < -0.4 is 11.1 Å². The highest BCUT2D eigenvalue weighted by Crippen LogP contribution is 2.07. The molecule has 0 heterocycles. The zero-order valence-corrected chi connectivity index (χ0v) is 10.9. The Morgan fingerprint density at radius 1 is 1.33 bits per heavy atom. The van der Waals surface area contributed by atoms with E-state index in [2.05, 4.69) is 19.2 Å². The van der Waals surface area contributed by atoms with Gasteiger partial charge in [0.05, 0.1) is 5.75 Å². The fourth-order valence-electron chi connectivity index (χ4n) is 0.974. The predicted molar refractivity (Wildman–Crippen MR) is 68.1 cm³/mol. The average Bonchev–Trinajstić information content (AvgIpc) is 2.11. The molecule has 3 nitrogen and oxygen atoms in total.